The van der Waals surface area contributed by atoms with Gasteiger partial charge in [0, 0.05) is 5.56 Å². The highest BCUT2D eigenvalue weighted by Gasteiger charge is 2.29. The average molecular weight is 328 g/mol. The lowest BCUT2D eigenvalue weighted by Crippen LogP contribution is -2.05. The summed E-state index contributed by atoms with van der Waals surface area (Å²) in [7, 11) is 0. The summed E-state index contributed by atoms with van der Waals surface area (Å²) in [5, 5.41) is 0. The number of hydrogen-bond donors (Lipinski definition) is 0. The smallest absolute Gasteiger partial charge is 0.416 e. The van der Waals surface area contributed by atoms with Gasteiger partial charge < -0.3 is 4.74 Å². The summed E-state index contributed by atoms with van der Waals surface area (Å²) in [4.78, 5) is 0. The van der Waals surface area contributed by atoms with Crippen molar-refractivity contribution in [1.82, 2.24) is 0 Å². The zero-order valence-electron chi connectivity index (χ0n) is 12.8. The largest absolute Gasteiger partial charge is 0.488 e. The van der Waals surface area contributed by atoms with Crippen molar-refractivity contribution in [1.29, 1.82) is 0 Å². The lowest BCUT2D eigenvalue weighted by Gasteiger charge is -2.12. The first-order chi connectivity index (χ1) is 11.5. The minimum absolute atomic E-state index is 0.210. The second-order valence-electron chi connectivity index (χ2n) is 5.35. The number of ether oxygens (including phenoxy) is 1. The number of hydrogen-bond acceptors (Lipinski definition) is 1. The van der Waals surface area contributed by atoms with Crippen molar-refractivity contribution >= 4 is 0 Å². The molecule has 0 saturated heterocycles. The molecule has 0 amide bonds. The summed E-state index contributed by atoms with van der Waals surface area (Å²) < 4.78 is 43.6. The molecule has 0 fully saturated rings. The fourth-order valence-electron chi connectivity index (χ4n) is 2.40. The van der Waals surface area contributed by atoms with E-state index in [1.165, 1.54) is 12.1 Å². The van der Waals surface area contributed by atoms with E-state index in [-0.39, 0.29) is 6.61 Å². The van der Waals surface area contributed by atoms with Crippen LogP contribution in [0.4, 0.5) is 13.2 Å². The fraction of sp³-hybridized carbons (Fsp3) is 0.100. The van der Waals surface area contributed by atoms with Crippen molar-refractivity contribution in [3.8, 4) is 16.9 Å². The maximum absolute atomic E-state index is 12.6. The number of rotatable bonds is 4. The van der Waals surface area contributed by atoms with E-state index in [9.17, 15) is 13.2 Å². The molecule has 3 aromatic rings. The molecule has 3 aromatic carbocycles. The third-order valence-electron chi connectivity index (χ3n) is 3.65. The molecule has 0 aliphatic rings. The van der Waals surface area contributed by atoms with Crippen LogP contribution >= 0.6 is 0 Å². The van der Waals surface area contributed by atoms with Crippen LogP contribution in [0, 0.1) is 0 Å². The second-order valence-corrected chi connectivity index (χ2v) is 5.35. The molecule has 0 N–H and O–H groups in total. The third kappa shape index (κ3) is 3.77. The van der Waals surface area contributed by atoms with Gasteiger partial charge in [0.1, 0.15) is 12.4 Å². The number of benzene rings is 3. The fourth-order valence-corrected chi connectivity index (χ4v) is 2.40. The Morgan fingerprint density at radius 2 is 1.33 bits per heavy atom. The molecule has 4 heteroatoms. The predicted molar refractivity (Wildman–Crippen MR) is 87.7 cm³/mol. The van der Waals surface area contributed by atoms with Crippen molar-refractivity contribution in [2.45, 2.75) is 12.8 Å². The maximum Gasteiger partial charge on any atom is 0.416 e. The topological polar surface area (TPSA) is 9.23 Å². The van der Waals surface area contributed by atoms with Crippen LogP contribution in [0.15, 0.2) is 78.9 Å². The molecular weight excluding hydrogens is 313 g/mol. The molecule has 0 spiro atoms. The predicted octanol–water partition coefficient (Wildman–Crippen LogP) is 5.95. The summed E-state index contributed by atoms with van der Waals surface area (Å²) in [6.07, 6.45) is -4.32. The summed E-state index contributed by atoms with van der Waals surface area (Å²) in [5.41, 5.74) is 2.01. The standard InChI is InChI=1S/C20H15F3O/c21-20(22,23)17-12-10-15(11-13-17)14-24-19-9-5-4-8-18(19)16-6-2-1-3-7-16/h1-13H,14H2. The molecule has 0 saturated carbocycles. The van der Waals surface area contributed by atoms with E-state index in [1.807, 2.05) is 54.6 Å². The zero-order valence-corrected chi connectivity index (χ0v) is 12.8. The van der Waals surface area contributed by atoms with E-state index in [2.05, 4.69) is 0 Å². The molecule has 0 heterocycles. The van der Waals surface area contributed by atoms with Crippen molar-refractivity contribution in [3.05, 3.63) is 90.0 Å². The van der Waals surface area contributed by atoms with Gasteiger partial charge in [0.15, 0.2) is 0 Å². The molecule has 0 unspecified atom stereocenters. The lowest BCUT2D eigenvalue weighted by atomic mass is 10.0. The van der Waals surface area contributed by atoms with E-state index >= 15 is 0 Å². The minimum atomic E-state index is -4.32. The molecule has 0 bridgehead atoms. The van der Waals surface area contributed by atoms with Crippen LogP contribution in [0.25, 0.3) is 11.1 Å². The quantitative estimate of drug-likeness (QED) is 0.575. The summed E-state index contributed by atoms with van der Waals surface area (Å²) in [6, 6.07) is 22.4. The van der Waals surface area contributed by atoms with Crippen LogP contribution in [0.1, 0.15) is 11.1 Å². The molecule has 3 rings (SSSR count). The van der Waals surface area contributed by atoms with Crippen LogP contribution in [0.5, 0.6) is 5.75 Å². The number of halogens is 3. The summed E-state index contributed by atoms with van der Waals surface area (Å²) >= 11 is 0. The Morgan fingerprint density at radius 1 is 0.708 bits per heavy atom. The van der Waals surface area contributed by atoms with E-state index in [0.717, 1.165) is 23.3 Å². The van der Waals surface area contributed by atoms with Gasteiger partial charge in [-0.05, 0) is 29.3 Å². The summed E-state index contributed by atoms with van der Waals surface area (Å²) in [5.74, 6) is 0.698. The van der Waals surface area contributed by atoms with E-state index in [0.29, 0.717) is 11.3 Å². The van der Waals surface area contributed by atoms with E-state index < -0.39 is 11.7 Å². The highest BCUT2D eigenvalue weighted by Crippen LogP contribution is 2.31. The Morgan fingerprint density at radius 3 is 2.00 bits per heavy atom. The second kappa shape index (κ2) is 6.79. The molecule has 1 nitrogen and oxygen atoms in total. The van der Waals surface area contributed by atoms with Gasteiger partial charge in [-0.1, -0.05) is 60.7 Å². The lowest BCUT2D eigenvalue weighted by molar-refractivity contribution is -0.137. The van der Waals surface area contributed by atoms with Gasteiger partial charge in [-0.15, -0.1) is 0 Å². The third-order valence-corrected chi connectivity index (χ3v) is 3.65. The minimum Gasteiger partial charge on any atom is -0.488 e. The van der Waals surface area contributed by atoms with Crippen LogP contribution in [0.3, 0.4) is 0 Å². The highest BCUT2D eigenvalue weighted by atomic mass is 19.4. The Balaban J connectivity index is 1.76. The zero-order chi connectivity index (χ0) is 17.0. The first-order valence-electron chi connectivity index (χ1n) is 7.47. The number of alkyl halides is 3. The van der Waals surface area contributed by atoms with Crippen LogP contribution < -0.4 is 4.74 Å². The van der Waals surface area contributed by atoms with Crippen molar-refractivity contribution in [2.24, 2.45) is 0 Å². The van der Waals surface area contributed by atoms with Crippen molar-refractivity contribution < 1.29 is 17.9 Å². The Labute approximate surface area is 138 Å². The molecule has 0 radical (unpaired) electrons. The van der Waals surface area contributed by atoms with E-state index in [1.54, 1.807) is 0 Å². The monoisotopic (exact) mass is 328 g/mol. The van der Waals surface area contributed by atoms with Crippen molar-refractivity contribution in [3.63, 3.8) is 0 Å². The molecule has 0 aliphatic heterocycles. The highest BCUT2D eigenvalue weighted by molar-refractivity contribution is 5.70. The first kappa shape index (κ1) is 16.1. The SMILES string of the molecule is FC(F)(F)c1ccc(COc2ccccc2-c2ccccc2)cc1. The van der Waals surface area contributed by atoms with Gasteiger partial charge in [0.25, 0.3) is 0 Å². The first-order valence-corrected chi connectivity index (χ1v) is 7.47. The van der Waals surface area contributed by atoms with Gasteiger partial charge in [-0.3, -0.25) is 0 Å². The molecule has 122 valence electrons. The normalized spacial score (nSPS) is 11.3. The van der Waals surface area contributed by atoms with Crippen molar-refractivity contribution in [2.75, 3.05) is 0 Å². The van der Waals surface area contributed by atoms with Crippen LogP contribution in [-0.2, 0) is 12.8 Å². The van der Waals surface area contributed by atoms with Crippen LogP contribution in [0.2, 0.25) is 0 Å². The van der Waals surface area contributed by atoms with Gasteiger partial charge in [0.2, 0.25) is 0 Å². The van der Waals surface area contributed by atoms with Crippen LogP contribution in [-0.4, -0.2) is 0 Å². The van der Waals surface area contributed by atoms with E-state index in [4.69, 9.17) is 4.74 Å². The molecular formula is C20H15F3O. The van der Waals surface area contributed by atoms with Gasteiger partial charge >= 0.3 is 6.18 Å². The Hall–Kier alpha value is -2.75. The van der Waals surface area contributed by atoms with Gasteiger partial charge in [0.05, 0.1) is 5.56 Å². The number of para-hydroxylation sites is 1. The Kier molecular flexibility index (Phi) is 4.56. The van der Waals surface area contributed by atoms with Gasteiger partial charge in [-0.25, -0.2) is 0 Å². The molecule has 0 atom stereocenters. The molecule has 24 heavy (non-hydrogen) atoms. The Bertz CT molecular complexity index is 793. The molecule has 0 aliphatic carbocycles. The summed E-state index contributed by atoms with van der Waals surface area (Å²) in [6.45, 7) is 0.210. The molecule has 0 aromatic heterocycles. The average Bonchev–Trinajstić information content (AvgIpc) is 2.60. The maximum atomic E-state index is 12.6. The van der Waals surface area contributed by atoms with Gasteiger partial charge in [-0.2, -0.15) is 13.2 Å².